The van der Waals surface area contributed by atoms with Crippen molar-refractivity contribution in [3.05, 3.63) is 35.6 Å². The molecule has 1 atom stereocenters. The molecule has 2 N–H and O–H groups in total. The summed E-state index contributed by atoms with van der Waals surface area (Å²) in [4.78, 5) is 9.32. The number of nitrogens with zero attached hydrogens (tertiary/aromatic N) is 3. The van der Waals surface area contributed by atoms with Gasteiger partial charge in [0.25, 0.3) is 0 Å². The first-order chi connectivity index (χ1) is 12.0. The summed E-state index contributed by atoms with van der Waals surface area (Å²) in [7, 11) is 0. The summed E-state index contributed by atoms with van der Waals surface area (Å²) in [6.45, 7) is 12.6. The fraction of sp³-hybridized carbons (Fsp3) is 0.632. The highest BCUT2D eigenvalue weighted by Crippen LogP contribution is 2.14. The first kappa shape index (κ1) is 19.7. The number of aliphatic hydroxyl groups is 1. The third-order valence-corrected chi connectivity index (χ3v) is 4.30. The van der Waals surface area contributed by atoms with E-state index in [4.69, 9.17) is 0 Å². The van der Waals surface area contributed by atoms with Crippen molar-refractivity contribution >= 4 is 5.96 Å². The van der Waals surface area contributed by atoms with Crippen molar-refractivity contribution in [2.24, 2.45) is 10.9 Å². The molecule has 1 aliphatic heterocycles. The second-order valence-electron chi connectivity index (χ2n) is 6.94. The molecule has 2 rings (SSSR count). The van der Waals surface area contributed by atoms with E-state index in [1.165, 1.54) is 12.1 Å². The van der Waals surface area contributed by atoms with E-state index < -0.39 is 6.10 Å². The topological polar surface area (TPSA) is 51.1 Å². The first-order valence-corrected chi connectivity index (χ1v) is 9.18. The molecule has 0 radical (unpaired) electrons. The van der Waals surface area contributed by atoms with Crippen LogP contribution in [0.1, 0.15) is 32.4 Å². The van der Waals surface area contributed by atoms with Crippen LogP contribution in [0.3, 0.4) is 0 Å². The smallest absolute Gasteiger partial charge is 0.194 e. The molecule has 0 amide bonds. The Morgan fingerprint density at radius 3 is 2.40 bits per heavy atom. The number of rotatable bonds is 6. The number of guanidine groups is 1. The van der Waals surface area contributed by atoms with E-state index in [2.05, 4.69) is 34.0 Å². The monoisotopic (exact) mass is 350 g/mol. The maximum atomic E-state index is 13.0. The van der Waals surface area contributed by atoms with Gasteiger partial charge in [0.15, 0.2) is 5.96 Å². The molecule has 1 saturated heterocycles. The predicted molar refractivity (Wildman–Crippen MR) is 100 cm³/mol. The van der Waals surface area contributed by atoms with Gasteiger partial charge in [-0.05, 0) is 30.5 Å². The highest BCUT2D eigenvalue weighted by Gasteiger charge is 2.20. The lowest BCUT2D eigenvalue weighted by Crippen LogP contribution is -2.53. The van der Waals surface area contributed by atoms with Crippen molar-refractivity contribution < 1.29 is 9.50 Å². The van der Waals surface area contributed by atoms with Crippen LogP contribution in [0.15, 0.2) is 29.3 Å². The van der Waals surface area contributed by atoms with Crippen molar-refractivity contribution in [3.8, 4) is 0 Å². The van der Waals surface area contributed by atoms with Crippen LogP contribution in [0.2, 0.25) is 0 Å². The summed E-state index contributed by atoms with van der Waals surface area (Å²) in [5, 5.41) is 13.6. The zero-order valence-electron chi connectivity index (χ0n) is 15.6. The van der Waals surface area contributed by atoms with Crippen LogP contribution in [0.5, 0.6) is 0 Å². The Bertz CT molecular complexity index is 539. The van der Waals surface area contributed by atoms with Gasteiger partial charge in [-0.3, -0.25) is 9.89 Å². The minimum absolute atomic E-state index is 0.264. The summed E-state index contributed by atoms with van der Waals surface area (Å²) in [6, 6.07) is 5.93. The van der Waals surface area contributed by atoms with Crippen LogP contribution >= 0.6 is 0 Å². The number of piperazine rings is 1. The molecule has 0 saturated carbocycles. The van der Waals surface area contributed by atoms with Crippen molar-refractivity contribution in [2.75, 3.05) is 45.8 Å². The number of aliphatic imine (C=N–C) groups is 1. The summed E-state index contributed by atoms with van der Waals surface area (Å²) in [5.41, 5.74) is 0.683. The highest BCUT2D eigenvalue weighted by atomic mass is 19.1. The lowest BCUT2D eigenvalue weighted by molar-refractivity contribution is 0.162. The standard InChI is InChI=1S/C19H31FN4O/c1-4-21-19(24-11-9-23(10-12-24)14-15(2)3)22-13-18(25)16-5-7-17(20)8-6-16/h5-8,15,18,25H,4,9-14H2,1-3H3,(H,21,22). The van der Waals surface area contributed by atoms with E-state index in [0.717, 1.165) is 45.2 Å². The Kier molecular flexibility index (Phi) is 7.65. The Morgan fingerprint density at radius 1 is 1.20 bits per heavy atom. The minimum Gasteiger partial charge on any atom is -0.386 e. The average molecular weight is 350 g/mol. The molecular weight excluding hydrogens is 319 g/mol. The van der Waals surface area contributed by atoms with Gasteiger partial charge in [0.2, 0.25) is 0 Å². The van der Waals surface area contributed by atoms with Crippen LogP contribution in [0, 0.1) is 11.7 Å². The van der Waals surface area contributed by atoms with Gasteiger partial charge >= 0.3 is 0 Å². The number of hydrogen-bond acceptors (Lipinski definition) is 3. The summed E-state index contributed by atoms with van der Waals surface area (Å²) < 4.78 is 13.0. The molecular formula is C19H31FN4O. The Labute approximate surface area is 150 Å². The van der Waals surface area contributed by atoms with E-state index in [9.17, 15) is 9.50 Å². The zero-order valence-corrected chi connectivity index (χ0v) is 15.6. The molecule has 1 heterocycles. The Hall–Kier alpha value is -1.66. The maximum absolute atomic E-state index is 13.0. The van der Waals surface area contributed by atoms with Gasteiger partial charge in [-0.15, -0.1) is 0 Å². The number of nitrogens with one attached hydrogen (secondary N) is 1. The molecule has 140 valence electrons. The van der Waals surface area contributed by atoms with Gasteiger partial charge < -0.3 is 15.3 Å². The van der Waals surface area contributed by atoms with Gasteiger partial charge in [-0.25, -0.2) is 4.39 Å². The van der Waals surface area contributed by atoms with Crippen molar-refractivity contribution in [1.29, 1.82) is 0 Å². The minimum atomic E-state index is -0.725. The molecule has 1 fully saturated rings. The largest absolute Gasteiger partial charge is 0.386 e. The molecule has 0 aliphatic carbocycles. The molecule has 25 heavy (non-hydrogen) atoms. The maximum Gasteiger partial charge on any atom is 0.194 e. The van der Waals surface area contributed by atoms with Crippen LogP contribution in [-0.4, -0.2) is 66.7 Å². The molecule has 0 bridgehead atoms. The molecule has 1 aromatic carbocycles. The average Bonchev–Trinajstić information content (AvgIpc) is 2.59. The molecule has 1 unspecified atom stereocenters. The van der Waals surface area contributed by atoms with Crippen molar-refractivity contribution in [3.63, 3.8) is 0 Å². The van der Waals surface area contributed by atoms with E-state index in [1.807, 2.05) is 6.92 Å². The first-order valence-electron chi connectivity index (χ1n) is 9.18. The van der Waals surface area contributed by atoms with Gasteiger partial charge in [0.1, 0.15) is 5.82 Å². The Balaban J connectivity index is 1.93. The van der Waals surface area contributed by atoms with Crippen LogP contribution in [0.25, 0.3) is 0 Å². The van der Waals surface area contributed by atoms with E-state index >= 15 is 0 Å². The molecule has 6 heteroatoms. The number of hydrogen-bond donors (Lipinski definition) is 2. The molecule has 1 aromatic rings. The second kappa shape index (κ2) is 9.73. The van der Waals surface area contributed by atoms with Gasteiger partial charge in [-0.2, -0.15) is 0 Å². The van der Waals surface area contributed by atoms with Gasteiger partial charge in [0, 0.05) is 39.3 Å². The lowest BCUT2D eigenvalue weighted by atomic mass is 10.1. The van der Waals surface area contributed by atoms with E-state index in [1.54, 1.807) is 12.1 Å². The SMILES string of the molecule is CCNC(=NCC(O)c1ccc(F)cc1)N1CCN(CC(C)C)CC1. The molecule has 0 aromatic heterocycles. The number of aliphatic hydroxyl groups excluding tert-OH is 1. The number of halogens is 1. The van der Waals surface area contributed by atoms with Crippen LogP contribution < -0.4 is 5.32 Å². The summed E-state index contributed by atoms with van der Waals surface area (Å²) in [6.07, 6.45) is -0.725. The highest BCUT2D eigenvalue weighted by molar-refractivity contribution is 5.80. The lowest BCUT2D eigenvalue weighted by Gasteiger charge is -2.37. The fourth-order valence-electron chi connectivity index (χ4n) is 3.05. The van der Waals surface area contributed by atoms with Crippen LogP contribution in [-0.2, 0) is 0 Å². The number of benzene rings is 1. The summed E-state index contributed by atoms with van der Waals surface area (Å²) >= 11 is 0. The van der Waals surface area contributed by atoms with Gasteiger partial charge in [-0.1, -0.05) is 26.0 Å². The van der Waals surface area contributed by atoms with E-state index in [-0.39, 0.29) is 12.4 Å². The summed E-state index contributed by atoms with van der Waals surface area (Å²) in [5.74, 6) is 1.22. The molecule has 5 nitrogen and oxygen atoms in total. The fourth-order valence-corrected chi connectivity index (χ4v) is 3.05. The third-order valence-electron chi connectivity index (χ3n) is 4.30. The third kappa shape index (κ3) is 6.29. The van der Waals surface area contributed by atoms with Crippen LogP contribution in [0.4, 0.5) is 4.39 Å². The molecule has 0 spiro atoms. The van der Waals surface area contributed by atoms with Crippen molar-refractivity contribution in [1.82, 2.24) is 15.1 Å². The predicted octanol–water partition coefficient (Wildman–Crippen LogP) is 2.10. The molecule has 1 aliphatic rings. The van der Waals surface area contributed by atoms with Gasteiger partial charge in [0.05, 0.1) is 12.6 Å². The normalized spacial score (nSPS) is 17.8. The second-order valence-corrected chi connectivity index (χ2v) is 6.94. The van der Waals surface area contributed by atoms with E-state index in [0.29, 0.717) is 11.5 Å². The zero-order chi connectivity index (χ0) is 18.2. The quantitative estimate of drug-likeness (QED) is 0.609. The van der Waals surface area contributed by atoms with Crippen molar-refractivity contribution in [2.45, 2.75) is 26.9 Å². The Morgan fingerprint density at radius 2 is 1.84 bits per heavy atom.